The molecular weight excluding hydrogens is 226 g/mol. The molecular formula is C14H19N3O. The summed E-state index contributed by atoms with van der Waals surface area (Å²) in [7, 11) is 2.09. The van der Waals surface area contributed by atoms with Gasteiger partial charge in [0.25, 0.3) is 0 Å². The molecule has 1 aliphatic heterocycles. The van der Waals surface area contributed by atoms with Crippen LogP contribution >= 0.6 is 0 Å². The van der Waals surface area contributed by atoms with E-state index < -0.39 is 0 Å². The van der Waals surface area contributed by atoms with Crippen molar-refractivity contribution in [1.29, 1.82) is 5.26 Å². The summed E-state index contributed by atoms with van der Waals surface area (Å²) in [6.45, 7) is 5.80. The van der Waals surface area contributed by atoms with Crippen molar-refractivity contribution in [2.45, 2.75) is 0 Å². The van der Waals surface area contributed by atoms with Crippen molar-refractivity contribution in [3.63, 3.8) is 0 Å². The van der Waals surface area contributed by atoms with Gasteiger partial charge in [-0.1, -0.05) is 0 Å². The first-order chi connectivity index (χ1) is 8.79. The molecule has 0 bridgehead atoms. The van der Waals surface area contributed by atoms with Gasteiger partial charge in [-0.3, -0.25) is 4.90 Å². The lowest BCUT2D eigenvalue weighted by molar-refractivity contribution is 0.0393. The van der Waals surface area contributed by atoms with E-state index in [1.165, 1.54) is 0 Å². The number of likely N-dealkylation sites (N-methyl/N-ethyl adjacent to an activating group) is 1. The van der Waals surface area contributed by atoms with Crippen LogP contribution < -0.4 is 4.90 Å². The number of hydrogen-bond donors (Lipinski definition) is 0. The topological polar surface area (TPSA) is 39.5 Å². The molecule has 4 nitrogen and oxygen atoms in total. The molecule has 1 aliphatic rings. The zero-order valence-corrected chi connectivity index (χ0v) is 10.8. The van der Waals surface area contributed by atoms with Crippen molar-refractivity contribution < 1.29 is 4.74 Å². The molecule has 1 aromatic carbocycles. The quantitative estimate of drug-likeness (QED) is 0.802. The number of hydrogen-bond acceptors (Lipinski definition) is 4. The SMILES string of the molecule is CN(CCN1CCOCC1)c1ccc(C#N)cc1. The van der Waals surface area contributed by atoms with E-state index in [4.69, 9.17) is 10.00 Å². The van der Waals surface area contributed by atoms with Gasteiger partial charge in [0.05, 0.1) is 24.8 Å². The van der Waals surface area contributed by atoms with Crippen LogP contribution in [0.3, 0.4) is 0 Å². The zero-order chi connectivity index (χ0) is 12.8. The molecule has 0 radical (unpaired) electrons. The second-order valence-electron chi connectivity index (χ2n) is 4.53. The van der Waals surface area contributed by atoms with Gasteiger partial charge < -0.3 is 9.64 Å². The third-order valence-electron chi connectivity index (χ3n) is 3.29. The normalized spacial score (nSPS) is 16.2. The molecule has 4 heteroatoms. The molecule has 0 amide bonds. The van der Waals surface area contributed by atoms with Gasteiger partial charge in [0, 0.05) is 38.9 Å². The van der Waals surface area contributed by atoms with Crippen molar-refractivity contribution >= 4 is 5.69 Å². The predicted molar refractivity (Wildman–Crippen MR) is 71.7 cm³/mol. The maximum atomic E-state index is 8.76. The predicted octanol–water partition coefficient (Wildman–Crippen LogP) is 1.33. The van der Waals surface area contributed by atoms with E-state index in [0.717, 1.165) is 45.1 Å². The van der Waals surface area contributed by atoms with Crippen LogP contribution in [0.15, 0.2) is 24.3 Å². The standard InChI is InChI=1S/C14H19N3O/c1-16(6-7-17-8-10-18-11-9-17)14-4-2-13(12-15)3-5-14/h2-5H,6-11H2,1H3. The maximum absolute atomic E-state index is 8.76. The molecule has 18 heavy (non-hydrogen) atoms. The van der Waals surface area contributed by atoms with Crippen molar-refractivity contribution in [3.8, 4) is 6.07 Å². The van der Waals surface area contributed by atoms with Crippen LogP contribution in [0.25, 0.3) is 0 Å². The molecule has 0 atom stereocenters. The average Bonchev–Trinajstić information content (AvgIpc) is 2.46. The highest BCUT2D eigenvalue weighted by molar-refractivity contribution is 5.48. The van der Waals surface area contributed by atoms with E-state index >= 15 is 0 Å². The van der Waals surface area contributed by atoms with E-state index in [0.29, 0.717) is 5.56 Å². The van der Waals surface area contributed by atoms with Gasteiger partial charge in [-0.15, -0.1) is 0 Å². The largest absolute Gasteiger partial charge is 0.379 e. The highest BCUT2D eigenvalue weighted by atomic mass is 16.5. The molecule has 1 aromatic rings. The molecule has 0 unspecified atom stereocenters. The molecule has 96 valence electrons. The lowest BCUT2D eigenvalue weighted by Crippen LogP contribution is -2.40. The fourth-order valence-corrected chi connectivity index (χ4v) is 2.04. The van der Waals surface area contributed by atoms with Crippen LogP contribution in [0.2, 0.25) is 0 Å². The summed E-state index contributed by atoms with van der Waals surface area (Å²) in [4.78, 5) is 4.64. The van der Waals surface area contributed by atoms with Gasteiger partial charge in [-0.05, 0) is 24.3 Å². The van der Waals surface area contributed by atoms with Crippen molar-refractivity contribution in [2.24, 2.45) is 0 Å². The lowest BCUT2D eigenvalue weighted by atomic mass is 10.2. The molecule has 0 aliphatic carbocycles. The Bertz CT molecular complexity index is 404. The minimum atomic E-state index is 0.709. The monoisotopic (exact) mass is 245 g/mol. The number of benzene rings is 1. The second-order valence-corrected chi connectivity index (χ2v) is 4.53. The first-order valence-corrected chi connectivity index (χ1v) is 6.31. The number of nitrogens with zero attached hydrogens (tertiary/aromatic N) is 3. The van der Waals surface area contributed by atoms with Gasteiger partial charge in [0.2, 0.25) is 0 Å². The number of ether oxygens (including phenoxy) is 1. The van der Waals surface area contributed by atoms with Gasteiger partial charge >= 0.3 is 0 Å². The summed E-state index contributed by atoms with van der Waals surface area (Å²) in [5.74, 6) is 0. The summed E-state index contributed by atoms with van der Waals surface area (Å²) < 4.78 is 5.33. The number of anilines is 1. The highest BCUT2D eigenvalue weighted by Gasteiger charge is 2.10. The van der Waals surface area contributed by atoms with E-state index in [1.807, 2.05) is 24.3 Å². The highest BCUT2D eigenvalue weighted by Crippen LogP contribution is 2.13. The van der Waals surface area contributed by atoms with Crippen LogP contribution in [0.1, 0.15) is 5.56 Å². The summed E-state index contributed by atoms with van der Waals surface area (Å²) in [6.07, 6.45) is 0. The lowest BCUT2D eigenvalue weighted by Gasteiger charge is -2.29. The molecule has 0 spiro atoms. The molecule has 0 saturated carbocycles. The third-order valence-corrected chi connectivity index (χ3v) is 3.29. The van der Waals surface area contributed by atoms with Gasteiger partial charge in [0.1, 0.15) is 0 Å². The van der Waals surface area contributed by atoms with Gasteiger partial charge in [-0.25, -0.2) is 0 Å². The van der Waals surface area contributed by atoms with Crippen LogP contribution in [-0.2, 0) is 4.74 Å². The van der Waals surface area contributed by atoms with Crippen molar-refractivity contribution in [1.82, 2.24) is 4.90 Å². The zero-order valence-electron chi connectivity index (χ0n) is 10.8. The Morgan fingerprint density at radius 1 is 1.28 bits per heavy atom. The number of rotatable bonds is 4. The minimum Gasteiger partial charge on any atom is -0.379 e. The fraction of sp³-hybridized carbons (Fsp3) is 0.500. The minimum absolute atomic E-state index is 0.709. The second kappa shape index (κ2) is 6.39. The summed E-state index contributed by atoms with van der Waals surface area (Å²) in [6, 6.07) is 9.86. The summed E-state index contributed by atoms with van der Waals surface area (Å²) in [5.41, 5.74) is 1.86. The molecule has 1 fully saturated rings. The maximum Gasteiger partial charge on any atom is 0.0991 e. The Hall–Kier alpha value is -1.57. The average molecular weight is 245 g/mol. The van der Waals surface area contributed by atoms with Crippen LogP contribution in [-0.4, -0.2) is 51.3 Å². The summed E-state index contributed by atoms with van der Waals surface area (Å²) in [5, 5.41) is 8.76. The van der Waals surface area contributed by atoms with Gasteiger partial charge in [0.15, 0.2) is 0 Å². The van der Waals surface area contributed by atoms with E-state index in [1.54, 1.807) is 0 Å². The Morgan fingerprint density at radius 2 is 1.94 bits per heavy atom. The number of nitriles is 1. The molecule has 0 N–H and O–H groups in total. The van der Waals surface area contributed by atoms with Crippen molar-refractivity contribution in [2.75, 3.05) is 51.3 Å². The van der Waals surface area contributed by atoms with E-state index in [9.17, 15) is 0 Å². The molecule has 1 heterocycles. The van der Waals surface area contributed by atoms with E-state index in [2.05, 4.69) is 22.9 Å². The smallest absolute Gasteiger partial charge is 0.0991 e. The first kappa shape index (κ1) is 12.9. The molecule has 0 aromatic heterocycles. The van der Waals surface area contributed by atoms with Crippen LogP contribution in [0.4, 0.5) is 5.69 Å². The van der Waals surface area contributed by atoms with Crippen LogP contribution in [0.5, 0.6) is 0 Å². The Balaban J connectivity index is 1.83. The number of morpholine rings is 1. The fourth-order valence-electron chi connectivity index (χ4n) is 2.04. The van der Waals surface area contributed by atoms with Crippen LogP contribution in [0, 0.1) is 11.3 Å². The molecule has 1 saturated heterocycles. The first-order valence-electron chi connectivity index (χ1n) is 6.31. The van der Waals surface area contributed by atoms with E-state index in [-0.39, 0.29) is 0 Å². The van der Waals surface area contributed by atoms with Gasteiger partial charge in [-0.2, -0.15) is 5.26 Å². The Morgan fingerprint density at radius 3 is 2.56 bits per heavy atom. The Kier molecular flexibility index (Phi) is 4.57. The van der Waals surface area contributed by atoms with Crippen molar-refractivity contribution in [3.05, 3.63) is 29.8 Å². The third kappa shape index (κ3) is 3.46. The molecule has 2 rings (SSSR count). The summed E-state index contributed by atoms with van der Waals surface area (Å²) >= 11 is 0. The Labute approximate surface area is 108 Å².